The van der Waals surface area contributed by atoms with E-state index in [1.54, 1.807) is 15.9 Å². The van der Waals surface area contributed by atoms with Gasteiger partial charge in [-0.25, -0.2) is 9.97 Å². The maximum atomic E-state index is 12.6. The van der Waals surface area contributed by atoms with Gasteiger partial charge >= 0.3 is 0 Å². The van der Waals surface area contributed by atoms with Crippen molar-refractivity contribution in [3.05, 3.63) is 21.2 Å². The van der Waals surface area contributed by atoms with E-state index in [-0.39, 0.29) is 11.6 Å². The monoisotopic (exact) mass is 320 g/mol. The molecule has 2 aromatic rings. The van der Waals surface area contributed by atoms with E-state index in [0.29, 0.717) is 11.4 Å². The van der Waals surface area contributed by atoms with Crippen LogP contribution in [0, 0.1) is 0 Å². The van der Waals surface area contributed by atoms with Gasteiger partial charge in [0.05, 0.1) is 6.04 Å². The van der Waals surface area contributed by atoms with Gasteiger partial charge in [0.15, 0.2) is 10.3 Å². The molecule has 7 heteroatoms. The molecule has 0 bridgehead atoms. The van der Waals surface area contributed by atoms with E-state index in [4.69, 9.17) is 9.72 Å². The molecular weight excluding hydrogens is 300 g/mol. The first-order valence-corrected chi connectivity index (χ1v) is 8.74. The van der Waals surface area contributed by atoms with Gasteiger partial charge in [0.25, 0.3) is 5.56 Å². The summed E-state index contributed by atoms with van der Waals surface area (Å²) >= 11 is 1.57. The largest absolute Gasteiger partial charge is 0.381 e. The topological polar surface area (TPSA) is 69.0 Å². The third-order valence-electron chi connectivity index (χ3n) is 4.64. The van der Waals surface area contributed by atoms with E-state index in [1.807, 2.05) is 7.05 Å². The first-order valence-electron chi connectivity index (χ1n) is 7.92. The Kier molecular flexibility index (Phi) is 3.71. The summed E-state index contributed by atoms with van der Waals surface area (Å²) in [4.78, 5) is 22.8. The standard InChI is InChI=1S/C15H20N4O2S/c1-19-12(9-4-7-21-8-5-9)18-14-11(15(19)20)17-13(22-14)10-3-2-6-16-10/h9-10,16H,2-8H2,1H3/t10-/m1/s1. The zero-order chi connectivity index (χ0) is 15.1. The number of fused-ring (bicyclic) bond motifs is 1. The van der Waals surface area contributed by atoms with Crippen LogP contribution in [0.5, 0.6) is 0 Å². The predicted octanol–water partition coefficient (Wildman–Crippen LogP) is 1.71. The SMILES string of the molecule is Cn1c(C2CCOCC2)nc2sc([C@H]3CCCN3)nc2c1=O. The zero-order valence-corrected chi connectivity index (χ0v) is 13.5. The highest BCUT2D eigenvalue weighted by Crippen LogP contribution is 2.31. The lowest BCUT2D eigenvalue weighted by Crippen LogP contribution is -2.27. The number of hydrogen-bond donors (Lipinski definition) is 1. The van der Waals surface area contributed by atoms with Crippen LogP contribution in [0.2, 0.25) is 0 Å². The zero-order valence-electron chi connectivity index (χ0n) is 12.7. The highest BCUT2D eigenvalue weighted by Gasteiger charge is 2.25. The van der Waals surface area contributed by atoms with Crippen LogP contribution in [-0.2, 0) is 11.8 Å². The summed E-state index contributed by atoms with van der Waals surface area (Å²) in [5.74, 6) is 1.20. The first-order chi connectivity index (χ1) is 10.7. The van der Waals surface area contributed by atoms with Gasteiger partial charge in [-0.1, -0.05) is 11.3 Å². The third kappa shape index (κ3) is 2.37. The van der Waals surface area contributed by atoms with Gasteiger partial charge in [0.1, 0.15) is 10.8 Å². The molecule has 6 nitrogen and oxygen atoms in total. The summed E-state index contributed by atoms with van der Waals surface area (Å²) in [6, 6.07) is 0.287. The smallest absolute Gasteiger partial charge is 0.280 e. The van der Waals surface area contributed by atoms with E-state index in [9.17, 15) is 4.79 Å². The fraction of sp³-hybridized carbons (Fsp3) is 0.667. The predicted molar refractivity (Wildman–Crippen MR) is 85.4 cm³/mol. The highest BCUT2D eigenvalue weighted by molar-refractivity contribution is 7.18. The van der Waals surface area contributed by atoms with Gasteiger partial charge in [-0.2, -0.15) is 0 Å². The van der Waals surface area contributed by atoms with Crippen molar-refractivity contribution in [1.29, 1.82) is 0 Å². The van der Waals surface area contributed by atoms with Crippen molar-refractivity contribution in [1.82, 2.24) is 19.9 Å². The molecule has 0 aliphatic carbocycles. The Hall–Kier alpha value is -1.31. The average molecular weight is 320 g/mol. The molecule has 1 atom stereocenters. The van der Waals surface area contributed by atoms with E-state index in [0.717, 1.165) is 54.7 Å². The molecule has 0 unspecified atom stereocenters. The second-order valence-corrected chi connectivity index (χ2v) is 7.08. The van der Waals surface area contributed by atoms with Gasteiger partial charge < -0.3 is 10.1 Å². The van der Waals surface area contributed by atoms with E-state index >= 15 is 0 Å². The Balaban J connectivity index is 1.78. The fourth-order valence-electron chi connectivity index (χ4n) is 3.35. The number of nitrogens with zero attached hydrogens (tertiary/aromatic N) is 3. The fourth-order valence-corrected chi connectivity index (χ4v) is 4.40. The van der Waals surface area contributed by atoms with Crippen molar-refractivity contribution in [2.45, 2.75) is 37.6 Å². The van der Waals surface area contributed by atoms with Crippen molar-refractivity contribution in [3.63, 3.8) is 0 Å². The van der Waals surface area contributed by atoms with Crippen LogP contribution in [-0.4, -0.2) is 34.3 Å². The van der Waals surface area contributed by atoms with Crippen LogP contribution in [0.1, 0.15) is 48.5 Å². The molecule has 0 amide bonds. The minimum absolute atomic E-state index is 0.0213. The maximum Gasteiger partial charge on any atom is 0.280 e. The number of aromatic nitrogens is 3. The number of rotatable bonds is 2. The molecule has 2 saturated heterocycles. The van der Waals surface area contributed by atoms with Gasteiger partial charge in [0, 0.05) is 26.2 Å². The molecule has 22 heavy (non-hydrogen) atoms. The van der Waals surface area contributed by atoms with Gasteiger partial charge in [0.2, 0.25) is 0 Å². The van der Waals surface area contributed by atoms with Crippen molar-refractivity contribution in [2.24, 2.45) is 7.05 Å². The minimum atomic E-state index is -0.0213. The molecule has 2 aliphatic rings. The van der Waals surface area contributed by atoms with Crippen LogP contribution >= 0.6 is 11.3 Å². The Bertz CT molecular complexity index is 742. The molecular formula is C15H20N4O2S. The summed E-state index contributed by atoms with van der Waals surface area (Å²) in [5, 5.41) is 4.44. The Morgan fingerprint density at radius 2 is 2.09 bits per heavy atom. The van der Waals surface area contributed by atoms with Gasteiger partial charge in [-0.15, -0.1) is 0 Å². The summed E-state index contributed by atoms with van der Waals surface area (Å²) in [5.41, 5.74) is 0.499. The maximum absolute atomic E-state index is 12.6. The number of thiazole rings is 1. The second-order valence-electron chi connectivity index (χ2n) is 6.08. The second kappa shape index (κ2) is 5.72. The summed E-state index contributed by atoms with van der Waals surface area (Å²) < 4.78 is 7.10. The lowest BCUT2D eigenvalue weighted by atomic mass is 9.99. The lowest BCUT2D eigenvalue weighted by Gasteiger charge is -2.22. The molecule has 2 aromatic heterocycles. The van der Waals surface area contributed by atoms with Crippen molar-refractivity contribution >= 4 is 21.7 Å². The Labute approximate surface area is 132 Å². The summed E-state index contributed by atoms with van der Waals surface area (Å²) in [7, 11) is 1.81. The van der Waals surface area contributed by atoms with E-state index in [2.05, 4.69) is 10.3 Å². The number of ether oxygens (including phenoxy) is 1. The van der Waals surface area contributed by atoms with Crippen molar-refractivity contribution in [2.75, 3.05) is 19.8 Å². The lowest BCUT2D eigenvalue weighted by molar-refractivity contribution is 0.0828. The molecule has 118 valence electrons. The van der Waals surface area contributed by atoms with Crippen LogP contribution in [0.3, 0.4) is 0 Å². The molecule has 2 aliphatic heterocycles. The minimum Gasteiger partial charge on any atom is -0.381 e. The summed E-state index contributed by atoms with van der Waals surface area (Å²) in [6.07, 6.45) is 4.12. The number of nitrogens with one attached hydrogen (secondary N) is 1. The molecule has 2 fully saturated rings. The molecule has 0 aromatic carbocycles. The molecule has 1 N–H and O–H groups in total. The van der Waals surface area contributed by atoms with Crippen LogP contribution in [0.25, 0.3) is 10.3 Å². The van der Waals surface area contributed by atoms with Crippen molar-refractivity contribution in [3.8, 4) is 0 Å². The van der Waals surface area contributed by atoms with E-state index < -0.39 is 0 Å². The molecule has 4 rings (SSSR count). The van der Waals surface area contributed by atoms with E-state index in [1.165, 1.54) is 6.42 Å². The van der Waals surface area contributed by atoms with Gasteiger partial charge in [-0.05, 0) is 32.2 Å². The average Bonchev–Trinajstić information content (AvgIpc) is 3.20. The highest BCUT2D eigenvalue weighted by atomic mass is 32.1. The molecule has 0 radical (unpaired) electrons. The molecule has 0 saturated carbocycles. The Morgan fingerprint density at radius 3 is 2.82 bits per heavy atom. The Morgan fingerprint density at radius 1 is 1.27 bits per heavy atom. The van der Waals surface area contributed by atoms with Crippen LogP contribution in [0.4, 0.5) is 0 Å². The van der Waals surface area contributed by atoms with Crippen molar-refractivity contribution < 1.29 is 4.74 Å². The number of hydrogen-bond acceptors (Lipinski definition) is 6. The quantitative estimate of drug-likeness (QED) is 0.912. The first kappa shape index (κ1) is 14.3. The summed E-state index contributed by atoms with van der Waals surface area (Å²) in [6.45, 7) is 2.52. The van der Waals surface area contributed by atoms with Crippen LogP contribution < -0.4 is 10.9 Å². The molecule has 4 heterocycles. The molecule has 0 spiro atoms. The van der Waals surface area contributed by atoms with Gasteiger partial charge in [-0.3, -0.25) is 9.36 Å². The third-order valence-corrected chi connectivity index (χ3v) is 5.70. The van der Waals surface area contributed by atoms with Crippen LogP contribution in [0.15, 0.2) is 4.79 Å². The normalized spacial score (nSPS) is 23.4.